The van der Waals surface area contributed by atoms with Crippen molar-refractivity contribution in [1.82, 2.24) is 0 Å². The predicted octanol–water partition coefficient (Wildman–Crippen LogP) is 5.70. The average molecular weight is 434 g/mol. The molecule has 3 rings (SSSR count). The van der Waals surface area contributed by atoms with Crippen LogP contribution in [-0.2, 0) is 0 Å². The van der Waals surface area contributed by atoms with Crippen LogP contribution in [0.2, 0.25) is 0 Å². The van der Waals surface area contributed by atoms with Crippen LogP contribution in [0.4, 0.5) is 0 Å². The van der Waals surface area contributed by atoms with E-state index in [2.05, 4.69) is 68.9 Å². The summed E-state index contributed by atoms with van der Waals surface area (Å²) in [5.74, 6) is 0. The summed E-state index contributed by atoms with van der Waals surface area (Å²) in [6.07, 6.45) is 0. The first-order chi connectivity index (χ1) is 9.72. The lowest BCUT2D eigenvalue weighted by Crippen LogP contribution is -1.80. The van der Waals surface area contributed by atoms with Crippen LogP contribution in [0.1, 0.15) is 5.56 Å². The Balaban J connectivity index is 2.36. The highest BCUT2D eigenvalue weighted by atomic mass is 127. The second-order valence-electron chi connectivity index (χ2n) is 4.42. The van der Waals surface area contributed by atoms with Crippen molar-refractivity contribution in [3.63, 3.8) is 0 Å². The molecule has 0 N–H and O–H groups in total. The largest absolute Gasteiger partial charge is 0.192 e. The topological polar surface area (TPSA) is 23.8 Å². The van der Waals surface area contributed by atoms with E-state index in [0.717, 1.165) is 32.3 Å². The molecule has 0 aromatic heterocycles. The molecule has 0 spiro atoms. The number of rotatable bonds is 1. The number of hydrogen-bond donors (Lipinski definition) is 0. The molecule has 0 saturated carbocycles. The van der Waals surface area contributed by atoms with Crippen LogP contribution in [0.5, 0.6) is 0 Å². The number of nitrogens with zero attached hydrogens (tertiary/aromatic N) is 1. The predicted molar refractivity (Wildman–Crippen MR) is 93.6 cm³/mol. The highest BCUT2D eigenvalue weighted by Gasteiger charge is 2.21. The Morgan fingerprint density at radius 3 is 2.20 bits per heavy atom. The van der Waals surface area contributed by atoms with E-state index in [-0.39, 0.29) is 0 Å². The summed E-state index contributed by atoms with van der Waals surface area (Å²) in [7, 11) is 0. The van der Waals surface area contributed by atoms with Crippen LogP contribution in [0.25, 0.3) is 22.3 Å². The first-order valence-electron chi connectivity index (χ1n) is 6.08. The molecule has 0 aliphatic heterocycles. The fourth-order valence-electron chi connectivity index (χ4n) is 2.34. The van der Waals surface area contributed by atoms with Gasteiger partial charge in [-0.25, -0.2) is 0 Å². The zero-order chi connectivity index (χ0) is 14.1. The van der Waals surface area contributed by atoms with Gasteiger partial charge in [0.05, 0.1) is 5.56 Å². The summed E-state index contributed by atoms with van der Waals surface area (Å²) in [5.41, 5.74) is 4.82. The summed E-state index contributed by atoms with van der Waals surface area (Å²) in [6, 6.07) is 20.5. The van der Waals surface area contributed by atoms with Gasteiger partial charge in [0.2, 0.25) is 0 Å². The Morgan fingerprint density at radius 1 is 0.900 bits per heavy atom. The highest BCUT2D eigenvalue weighted by Crippen LogP contribution is 2.45. The van der Waals surface area contributed by atoms with Gasteiger partial charge in [-0.15, -0.1) is 0 Å². The Hall–Kier alpha value is -1.38. The molecule has 0 unspecified atom stereocenters. The standard InChI is InChI=1S/C17H9BrIN/c18-17-14-5-3-1-2-4-13(14)15(10-20)16(17)11-6-8-12(19)9-7-11/h1-9H. The number of nitriles is 1. The van der Waals surface area contributed by atoms with Crippen LogP contribution in [0.3, 0.4) is 0 Å². The van der Waals surface area contributed by atoms with Crippen molar-refractivity contribution in [3.8, 4) is 28.3 Å². The molecule has 1 nitrogen and oxygen atoms in total. The van der Waals surface area contributed by atoms with Gasteiger partial charge in [0.15, 0.2) is 0 Å². The summed E-state index contributed by atoms with van der Waals surface area (Å²) < 4.78 is 2.17. The highest BCUT2D eigenvalue weighted by molar-refractivity contribution is 14.1. The Morgan fingerprint density at radius 2 is 1.55 bits per heavy atom. The maximum Gasteiger partial charge on any atom is 0.100 e. The molecule has 0 heterocycles. The third-order valence-corrected chi connectivity index (χ3v) is 4.80. The SMILES string of the molecule is N#Cc1c2cccccc-2c(Br)c1-c1ccc(I)cc1. The second kappa shape index (κ2) is 5.55. The minimum atomic E-state index is 0.726. The third kappa shape index (κ3) is 2.23. The lowest BCUT2D eigenvalue weighted by Gasteiger charge is -2.01. The van der Waals surface area contributed by atoms with E-state index in [9.17, 15) is 5.26 Å². The van der Waals surface area contributed by atoms with E-state index in [4.69, 9.17) is 0 Å². The van der Waals surface area contributed by atoms with Gasteiger partial charge in [-0.3, -0.25) is 0 Å². The monoisotopic (exact) mass is 433 g/mol. The van der Waals surface area contributed by atoms with Gasteiger partial charge in [0.25, 0.3) is 0 Å². The normalized spacial score (nSPS) is 10.4. The summed E-state index contributed by atoms with van der Waals surface area (Å²) >= 11 is 5.95. The summed E-state index contributed by atoms with van der Waals surface area (Å²) in [4.78, 5) is 0. The molecule has 2 aliphatic carbocycles. The molecule has 96 valence electrons. The summed E-state index contributed by atoms with van der Waals surface area (Å²) in [5, 5.41) is 9.56. The third-order valence-electron chi connectivity index (χ3n) is 3.26. The molecule has 0 saturated heterocycles. The number of fused-ring (bicyclic) bond motifs is 1. The van der Waals surface area contributed by atoms with Crippen molar-refractivity contribution in [2.45, 2.75) is 0 Å². The summed E-state index contributed by atoms with van der Waals surface area (Å²) in [6.45, 7) is 0. The van der Waals surface area contributed by atoms with Gasteiger partial charge in [0, 0.05) is 19.2 Å². The van der Waals surface area contributed by atoms with Gasteiger partial charge in [-0.2, -0.15) is 5.26 Å². The first-order valence-corrected chi connectivity index (χ1v) is 7.96. The fraction of sp³-hybridized carbons (Fsp3) is 0. The Kier molecular flexibility index (Phi) is 3.77. The Labute approximate surface area is 139 Å². The van der Waals surface area contributed by atoms with Crippen molar-refractivity contribution < 1.29 is 0 Å². The average Bonchev–Trinajstić information content (AvgIpc) is 2.63. The maximum absolute atomic E-state index is 9.56. The molecule has 0 fully saturated rings. The van der Waals surface area contributed by atoms with Crippen LogP contribution in [-0.4, -0.2) is 0 Å². The van der Waals surface area contributed by atoms with Crippen LogP contribution in [0, 0.1) is 14.9 Å². The smallest absolute Gasteiger partial charge is 0.100 e. The van der Waals surface area contributed by atoms with Gasteiger partial charge < -0.3 is 0 Å². The molecular weight excluding hydrogens is 425 g/mol. The van der Waals surface area contributed by atoms with E-state index in [0.29, 0.717) is 0 Å². The van der Waals surface area contributed by atoms with E-state index in [1.807, 2.05) is 30.3 Å². The lowest BCUT2D eigenvalue weighted by molar-refractivity contribution is 1.50. The van der Waals surface area contributed by atoms with E-state index < -0.39 is 0 Å². The van der Waals surface area contributed by atoms with Crippen molar-refractivity contribution in [2.75, 3.05) is 0 Å². The molecular formula is C17H9BrIN. The zero-order valence-electron chi connectivity index (χ0n) is 10.4. The molecule has 0 radical (unpaired) electrons. The molecule has 1 aromatic carbocycles. The molecule has 1 aromatic rings. The van der Waals surface area contributed by atoms with Crippen LogP contribution < -0.4 is 0 Å². The van der Waals surface area contributed by atoms with E-state index in [1.54, 1.807) is 0 Å². The second-order valence-corrected chi connectivity index (χ2v) is 6.46. The van der Waals surface area contributed by atoms with E-state index in [1.165, 1.54) is 3.57 Å². The molecule has 2 aliphatic rings. The minimum Gasteiger partial charge on any atom is -0.192 e. The lowest BCUT2D eigenvalue weighted by atomic mass is 10.0. The van der Waals surface area contributed by atoms with Crippen LogP contribution >= 0.6 is 38.5 Å². The fourth-order valence-corrected chi connectivity index (χ4v) is 3.47. The molecule has 20 heavy (non-hydrogen) atoms. The number of halogens is 2. The van der Waals surface area contributed by atoms with Crippen molar-refractivity contribution in [2.24, 2.45) is 0 Å². The molecule has 3 heteroatoms. The van der Waals surface area contributed by atoms with E-state index >= 15 is 0 Å². The number of benzene rings is 1. The van der Waals surface area contributed by atoms with Gasteiger partial charge in [-0.1, -0.05) is 42.5 Å². The Bertz CT molecular complexity index is 787. The van der Waals surface area contributed by atoms with Gasteiger partial charge in [-0.05, 0) is 61.8 Å². The first kappa shape index (κ1) is 13.6. The molecule has 0 bridgehead atoms. The maximum atomic E-state index is 9.56. The zero-order valence-corrected chi connectivity index (χ0v) is 14.1. The van der Waals surface area contributed by atoms with Crippen molar-refractivity contribution in [1.29, 1.82) is 5.26 Å². The quantitative estimate of drug-likeness (QED) is 0.451. The van der Waals surface area contributed by atoms with Crippen molar-refractivity contribution in [3.05, 3.63) is 68.2 Å². The van der Waals surface area contributed by atoms with Crippen LogP contribution in [0.15, 0.2) is 59.1 Å². The number of hydrogen-bond acceptors (Lipinski definition) is 1. The van der Waals surface area contributed by atoms with Crippen molar-refractivity contribution >= 4 is 38.5 Å². The van der Waals surface area contributed by atoms with Gasteiger partial charge >= 0.3 is 0 Å². The minimum absolute atomic E-state index is 0.726. The molecule has 0 amide bonds. The molecule has 0 atom stereocenters. The van der Waals surface area contributed by atoms with Gasteiger partial charge in [0.1, 0.15) is 6.07 Å².